The van der Waals surface area contributed by atoms with Crippen molar-refractivity contribution in [1.29, 1.82) is 0 Å². The van der Waals surface area contributed by atoms with Crippen LogP contribution in [0.5, 0.6) is 0 Å². The van der Waals surface area contributed by atoms with E-state index < -0.39 is 6.10 Å². The molecule has 1 aromatic carbocycles. The highest BCUT2D eigenvalue weighted by Crippen LogP contribution is 2.14. The van der Waals surface area contributed by atoms with Crippen molar-refractivity contribution in [1.82, 2.24) is 0 Å². The summed E-state index contributed by atoms with van der Waals surface area (Å²) in [6.45, 7) is 4.00. The molecule has 1 unspecified atom stereocenters. The normalized spacial score (nSPS) is 12.2. The Balaban J connectivity index is 2.35. The highest BCUT2D eigenvalue weighted by atomic mass is 16.5. The van der Waals surface area contributed by atoms with Crippen LogP contribution < -0.4 is 0 Å². The molecular weight excluding hydrogens is 216 g/mol. The number of benzene rings is 1. The van der Waals surface area contributed by atoms with Crippen LogP contribution in [0.2, 0.25) is 0 Å². The van der Waals surface area contributed by atoms with Gasteiger partial charge in [-0.1, -0.05) is 24.3 Å². The van der Waals surface area contributed by atoms with E-state index in [-0.39, 0.29) is 5.97 Å². The Bertz CT molecular complexity index is 341. The van der Waals surface area contributed by atoms with Crippen molar-refractivity contribution in [3.63, 3.8) is 0 Å². The van der Waals surface area contributed by atoms with Gasteiger partial charge in [0.25, 0.3) is 0 Å². The van der Waals surface area contributed by atoms with Gasteiger partial charge in [-0.3, -0.25) is 4.79 Å². The Morgan fingerprint density at radius 1 is 1.35 bits per heavy atom. The molecule has 17 heavy (non-hydrogen) atoms. The first kappa shape index (κ1) is 13.7. The average molecular weight is 236 g/mol. The molecule has 0 spiro atoms. The number of hydrogen-bond donors (Lipinski definition) is 1. The summed E-state index contributed by atoms with van der Waals surface area (Å²) in [6.07, 6.45) is 1.70. The summed E-state index contributed by atoms with van der Waals surface area (Å²) in [5, 5.41) is 9.36. The van der Waals surface area contributed by atoms with E-state index in [1.165, 1.54) is 5.56 Å². The number of aliphatic hydroxyl groups excluding tert-OH is 1. The molecule has 1 atom stereocenters. The van der Waals surface area contributed by atoms with Crippen molar-refractivity contribution in [2.75, 3.05) is 6.61 Å². The van der Waals surface area contributed by atoms with E-state index in [2.05, 4.69) is 0 Å². The molecule has 0 aliphatic heterocycles. The molecular formula is C14H20O3. The van der Waals surface area contributed by atoms with Crippen LogP contribution in [0.25, 0.3) is 0 Å². The summed E-state index contributed by atoms with van der Waals surface area (Å²) in [5.41, 5.74) is 2.10. The van der Waals surface area contributed by atoms with E-state index in [0.29, 0.717) is 13.0 Å². The van der Waals surface area contributed by atoms with Crippen molar-refractivity contribution in [3.05, 3.63) is 35.4 Å². The maximum absolute atomic E-state index is 11.1. The average Bonchev–Trinajstić information content (AvgIpc) is 2.30. The fourth-order valence-corrected chi connectivity index (χ4v) is 1.63. The number of hydrogen-bond acceptors (Lipinski definition) is 3. The van der Waals surface area contributed by atoms with Gasteiger partial charge >= 0.3 is 5.97 Å². The van der Waals surface area contributed by atoms with Gasteiger partial charge < -0.3 is 9.84 Å². The van der Waals surface area contributed by atoms with E-state index in [0.717, 1.165) is 18.4 Å². The first-order valence-electron chi connectivity index (χ1n) is 6.06. The van der Waals surface area contributed by atoms with Gasteiger partial charge in [-0.05, 0) is 37.8 Å². The third kappa shape index (κ3) is 5.00. The zero-order valence-electron chi connectivity index (χ0n) is 10.5. The zero-order valence-corrected chi connectivity index (χ0v) is 10.5. The molecule has 0 amide bonds. The summed E-state index contributed by atoms with van der Waals surface area (Å²) in [7, 11) is 0. The van der Waals surface area contributed by atoms with Gasteiger partial charge in [-0.15, -0.1) is 0 Å². The highest BCUT2D eigenvalue weighted by molar-refractivity contribution is 5.69. The Hall–Kier alpha value is -1.35. The monoisotopic (exact) mass is 236 g/mol. The van der Waals surface area contributed by atoms with Crippen LogP contribution in [0.3, 0.4) is 0 Å². The Kier molecular flexibility index (Phi) is 5.70. The van der Waals surface area contributed by atoms with E-state index in [1.807, 2.05) is 31.2 Å². The lowest BCUT2D eigenvalue weighted by Crippen LogP contribution is -2.04. The Morgan fingerprint density at radius 3 is 2.53 bits per heavy atom. The van der Waals surface area contributed by atoms with E-state index in [1.54, 1.807) is 6.92 Å². The minimum absolute atomic E-state index is 0.131. The minimum atomic E-state index is -0.427. The number of carbonyl (C=O) groups excluding carboxylic acids is 1. The number of aryl methyl sites for hydroxylation is 1. The standard InChI is InChI=1S/C14H20O3/c1-3-17-14(16)6-4-5-12-7-9-13(10-8-12)11(2)15/h7-11,15H,3-6H2,1-2H3. The lowest BCUT2D eigenvalue weighted by atomic mass is 10.0. The molecule has 0 heterocycles. The first-order valence-corrected chi connectivity index (χ1v) is 6.06. The van der Waals surface area contributed by atoms with Crippen molar-refractivity contribution < 1.29 is 14.6 Å². The molecule has 94 valence electrons. The number of aliphatic hydroxyl groups is 1. The van der Waals surface area contributed by atoms with Gasteiger partial charge in [0.05, 0.1) is 12.7 Å². The van der Waals surface area contributed by atoms with E-state index in [4.69, 9.17) is 4.74 Å². The second-order valence-corrected chi connectivity index (χ2v) is 4.08. The van der Waals surface area contributed by atoms with Gasteiger partial charge in [-0.25, -0.2) is 0 Å². The molecule has 3 heteroatoms. The molecule has 0 aliphatic carbocycles. The maximum Gasteiger partial charge on any atom is 0.305 e. The molecule has 0 aromatic heterocycles. The number of esters is 1. The smallest absolute Gasteiger partial charge is 0.305 e. The van der Waals surface area contributed by atoms with Crippen LogP contribution >= 0.6 is 0 Å². The van der Waals surface area contributed by atoms with E-state index in [9.17, 15) is 9.90 Å². The topological polar surface area (TPSA) is 46.5 Å². The van der Waals surface area contributed by atoms with Gasteiger partial charge in [0, 0.05) is 6.42 Å². The molecule has 0 saturated carbocycles. The summed E-state index contributed by atoms with van der Waals surface area (Å²) in [6, 6.07) is 7.83. The fraction of sp³-hybridized carbons (Fsp3) is 0.500. The summed E-state index contributed by atoms with van der Waals surface area (Å²) in [4.78, 5) is 11.1. The van der Waals surface area contributed by atoms with Crippen LogP contribution in [0.15, 0.2) is 24.3 Å². The number of carbonyl (C=O) groups is 1. The van der Waals surface area contributed by atoms with Crippen molar-refractivity contribution >= 4 is 5.97 Å². The van der Waals surface area contributed by atoms with Crippen LogP contribution in [-0.2, 0) is 16.0 Å². The maximum atomic E-state index is 11.1. The lowest BCUT2D eigenvalue weighted by molar-refractivity contribution is -0.143. The molecule has 0 radical (unpaired) electrons. The molecule has 1 N–H and O–H groups in total. The second-order valence-electron chi connectivity index (χ2n) is 4.08. The van der Waals surface area contributed by atoms with Crippen molar-refractivity contribution in [3.8, 4) is 0 Å². The number of ether oxygens (including phenoxy) is 1. The van der Waals surface area contributed by atoms with E-state index >= 15 is 0 Å². The predicted octanol–water partition coefficient (Wildman–Crippen LogP) is 2.63. The first-order chi connectivity index (χ1) is 8.13. The van der Waals surface area contributed by atoms with Crippen molar-refractivity contribution in [2.24, 2.45) is 0 Å². The molecule has 0 fully saturated rings. The second kappa shape index (κ2) is 7.07. The molecule has 1 aromatic rings. The molecule has 1 rings (SSSR count). The summed E-state index contributed by atoms with van der Waals surface area (Å²) >= 11 is 0. The van der Waals surface area contributed by atoms with Crippen LogP contribution in [-0.4, -0.2) is 17.7 Å². The van der Waals surface area contributed by atoms with Crippen LogP contribution in [0.4, 0.5) is 0 Å². The molecule has 3 nitrogen and oxygen atoms in total. The van der Waals surface area contributed by atoms with Crippen LogP contribution in [0, 0.1) is 0 Å². The van der Waals surface area contributed by atoms with Crippen molar-refractivity contribution in [2.45, 2.75) is 39.2 Å². The van der Waals surface area contributed by atoms with Gasteiger partial charge in [0.15, 0.2) is 0 Å². The summed E-state index contributed by atoms with van der Waals surface area (Å²) < 4.78 is 4.86. The van der Waals surface area contributed by atoms with Gasteiger partial charge in [0.1, 0.15) is 0 Å². The zero-order chi connectivity index (χ0) is 12.7. The largest absolute Gasteiger partial charge is 0.466 e. The molecule has 0 aliphatic rings. The quantitative estimate of drug-likeness (QED) is 0.772. The highest BCUT2D eigenvalue weighted by Gasteiger charge is 2.03. The molecule has 0 bridgehead atoms. The predicted molar refractivity (Wildman–Crippen MR) is 66.6 cm³/mol. The minimum Gasteiger partial charge on any atom is -0.466 e. The fourth-order valence-electron chi connectivity index (χ4n) is 1.63. The third-order valence-electron chi connectivity index (χ3n) is 2.61. The Morgan fingerprint density at radius 2 is 2.00 bits per heavy atom. The van der Waals surface area contributed by atoms with Gasteiger partial charge in [-0.2, -0.15) is 0 Å². The Labute approximate surface area is 102 Å². The van der Waals surface area contributed by atoms with Crippen LogP contribution in [0.1, 0.15) is 43.9 Å². The SMILES string of the molecule is CCOC(=O)CCCc1ccc(C(C)O)cc1. The number of rotatable bonds is 6. The molecule has 0 saturated heterocycles. The lowest BCUT2D eigenvalue weighted by Gasteiger charge is -2.06. The van der Waals surface area contributed by atoms with Gasteiger partial charge in [0.2, 0.25) is 0 Å². The third-order valence-corrected chi connectivity index (χ3v) is 2.61. The summed E-state index contributed by atoms with van der Waals surface area (Å²) in [5.74, 6) is -0.131.